The minimum atomic E-state index is -0.165. The lowest BCUT2D eigenvalue weighted by Crippen LogP contribution is -3.08. The molecule has 2 nitrogen and oxygen atoms in total. The van der Waals surface area contributed by atoms with E-state index >= 15 is 0 Å². The maximum Gasteiger partial charge on any atom is 0.173 e. The van der Waals surface area contributed by atoms with Gasteiger partial charge in [-0.15, -0.1) is 11.3 Å². The van der Waals surface area contributed by atoms with Crippen LogP contribution < -0.4 is 17.3 Å². The van der Waals surface area contributed by atoms with Crippen molar-refractivity contribution in [1.82, 2.24) is 0 Å². The van der Waals surface area contributed by atoms with E-state index in [4.69, 9.17) is 0 Å². The van der Waals surface area contributed by atoms with Crippen molar-refractivity contribution in [1.29, 1.82) is 0 Å². The van der Waals surface area contributed by atoms with E-state index in [1.54, 1.807) is 17.4 Å². The van der Waals surface area contributed by atoms with Crippen molar-refractivity contribution in [3.63, 3.8) is 0 Å². The monoisotopic (exact) mass is 347 g/mol. The van der Waals surface area contributed by atoms with Crippen LogP contribution in [-0.2, 0) is 4.79 Å². The molecule has 1 aromatic carbocycles. The summed E-state index contributed by atoms with van der Waals surface area (Å²) in [5.74, 6) is 0.0216. The molecule has 1 N–H and O–H groups in total. The number of ketones is 1. The molecule has 1 aliphatic rings. The number of allylic oxidation sites excluding steroid dienone is 1. The molecule has 3 rings (SSSR count). The Morgan fingerprint density at radius 1 is 1.04 bits per heavy atom. The second-order valence-corrected chi connectivity index (χ2v) is 6.79. The highest BCUT2D eigenvalue weighted by Gasteiger charge is 2.22. The Morgan fingerprint density at radius 3 is 2.43 bits per heavy atom. The number of halogens is 1. The summed E-state index contributed by atoms with van der Waals surface area (Å²) in [5, 5.41) is 2.04. The molecule has 0 saturated carbocycles. The maximum absolute atomic E-state index is 12.8. The van der Waals surface area contributed by atoms with Crippen LogP contribution in [0.15, 0.2) is 60.1 Å². The molecule has 1 saturated heterocycles. The van der Waals surface area contributed by atoms with Crippen molar-refractivity contribution in [2.45, 2.75) is 25.2 Å². The van der Waals surface area contributed by atoms with Gasteiger partial charge >= 0.3 is 0 Å². The van der Waals surface area contributed by atoms with Gasteiger partial charge in [-0.1, -0.05) is 36.4 Å². The van der Waals surface area contributed by atoms with E-state index in [9.17, 15) is 4.79 Å². The summed E-state index contributed by atoms with van der Waals surface area (Å²) >= 11 is 1.65. The van der Waals surface area contributed by atoms with Crippen LogP contribution in [0.4, 0.5) is 0 Å². The minimum absolute atomic E-state index is 0. The summed E-state index contributed by atoms with van der Waals surface area (Å²) in [6, 6.07) is 14.2. The average molecular weight is 348 g/mol. The lowest BCUT2D eigenvalue weighted by molar-refractivity contribution is -0.852. The van der Waals surface area contributed by atoms with Gasteiger partial charge in [-0.25, -0.2) is 0 Å². The van der Waals surface area contributed by atoms with E-state index in [-0.39, 0.29) is 24.1 Å². The SMILES string of the molecule is O=C(/C=C/[NH+]1CCCCC1)C(c1ccccc1)c1cccs1.[Cl-]. The number of hydrogen-bond acceptors (Lipinski definition) is 2. The predicted octanol–water partition coefficient (Wildman–Crippen LogP) is 0.0356. The Hall–Kier alpha value is -1.42. The number of nitrogens with one attached hydrogen (secondary N) is 1. The van der Waals surface area contributed by atoms with Gasteiger partial charge in [0.2, 0.25) is 0 Å². The van der Waals surface area contributed by atoms with E-state index in [1.807, 2.05) is 41.8 Å². The highest BCUT2D eigenvalue weighted by Crippen LogP contribution is 2.29. The predicted molar refractivity (Wildman–Crippen MR) is 91.3 cm³/mol. The molecule has 1 aliphatic heterocycles. The van der Waals surface area contributed by atoms with Crippen molar-refractivity contribution in [2.24, 2.45) is 0 Å². The number of piperidine rings is 1. The fourth-order valence-corrected chi connectivity index (χ4v) is 3.90. The Bertz CT molecular complexity index is 618. The summed E-state index contributed by atoms with van der Waals surface area (Å²) in [6.07, 6.45) is 7.73. The first-order valence-corrected chi connectivity index (χ1v) is 8.87. The first kappa shape index (κ1) is 17.9. The zero-order valence-electron chi connectivity index (χ0n) is 13.1. The molecule has 23 heavy (non-hydrogen) atoms. The number of carbonyl (C=O) groups is 1. The zero-order chi connectivity index (χ0) is 15.2. The third kappa shape index (κ3) is 4.77. The molecule has 4 heteroatoms. The second kappa shape index (κ2) is 9.02. The fourth-order valence-electron chi connectivity index (χ4n) is 3.04. The number of carbonyl (C=O) groups excluding carboxylic acids is 1. The summed E-state index contributed by atoms with van der Waals surface area (Å²) in [6.45, 7) is 2.30. The van der Waals surface area contributed by atoms with Crippen LogP contribution in [0, 0.1) is 0 Å². The molecule has 0 spiro atoms. The number of thiophene rings is 1. The van der Waals surface area contributed by atoms with Gasteiger partial charge in [0.05, 0.1) is 25.2 Å². The molecule has 0 bridgehead atoms. The normalized spacial score (nSPS) is 16.9. The van der Waals surface area contributed by atoms with Crippen LogP contribution in [0.1, 0.15) is 35.6 Å². The first-order chi connectivity index (χ1) is 10.8. The topological polar surface area (TPSA) is 21.5 Å². The molecule has 1 unspecified atom stereocenters. The van der Waals surface area contributed by atoms with Crippen LogP contribution in [0.25, 0.3) is 0 Å². The van der Waals surface area contributed by atoms with E-state index in [0.717, 1.165) is 23.5 Å². The Morgan fingerprint density at radius 2 is 1.78 bits per heavy atom. The molecule has 1 fully saturated rings. The van der Waals surface area contributed by atoms with Crippen molar-refractivity contribution >= 4 is 17.1 Å². The van der Waals surface area contributed by atoms with Crippen LogP contribution in [0.3, 0.4) is 0 Å². The van der Waals surface area contributed by atoms with Gasteiger partial charge in [-0.2, -0.15) is 0 Å². The standard InChI is InChI=1S/C19H21NOS.ClH/c21-17(11-14-20-12-5-2-6-13-20)19(18-10-7-15-22-18)16-8-3-1-4-9-16;/h1,3-4,7-11,14-15,19H,2,5-6,12-13H2;1H/b14-11+;. The van der Waals surface area contributed by atoms with Crippen molar-refractivity contribution in [3.05, 3.63) is 70.6 Å². The quantitative estimate of drug-likeness (QED) is 0.758. The largest absolute Gasteiger partial charge is 1.00 e. The highest BCUT2D eigenvalue weighted by atomic mass is 35.5. The van der Waals surface area contributed by atoms with Gasteiger partial charge in [0, 0.05) is 11.0 Å². The van der Waals surface area contributed by atoms with Gasteiger partial charge < -0.3 is 17.3 Å². The van der Waals surface area contributed by atoms with Gasteiger partial charge in [0.1, 0.15) is 0 Å². The molecule has 122 valence electrons. The smallest absolute Gasteiger partial charge is 0.173 e. The van der Waals surface area contributed by atoms with E-state index in [0.29, 0.717) is 0 Å². The lowest BCUT2D eigenvalue weighted by atomic mass is 9.93. The maximum atomic E-state index is 12.8. The summed E-state index contributed by atoms with van der Waals surface area (Å²) in [7, 11) is 0. The van der Waals surface area contributed by atoms with E-state index < -0.39 is 0 Å². The van der Waals surface area contributed by atoms with E-state index in [2.05, 4.69) is 12.3 Å². The number of rotatable bonds is 5. The van der Waals surface area contributed by atoms with E-state index in [1.165, 1.54) is 24.2 Å². The molecule has 0 radical (unpaired) electrons. The number of hydrogen-bond donors (Lipinski definition) is 1. The summed E-state index contributed by atoms with van der Waals surface area (Å²) in [5.41, 5.74) is 1.08. The van der Waals surface area contributed by atoms with Gasteiger partial charge in [-0.3, -0.25) is 4.79 Å². The van der Waals surface area contributed by atoms with Crippen LogP contribution in [0.5, 0.6) is 0 Å². The molecule has 2 heterocycles. The van der Waals surface area contributed by atoms with Crippen LogP contribution in [0.2, 0.25) is 0 Å². The highest BCUT2D eigenvalue weighted by molar-refractivity contribution is 7.10. The van der Waals surface area contributed by atoms with Crippen LogP contribution in [-0.4, -0.2) is 18.9 Å². The Kier molecular flexibility index (Phi) is 7.03. The molecule has 0 aliphatic carbocycles. The third-order valence-electron chi connectivity index (χ3n) is 4.22. The molecular formula is C19H22ClNOS. The second-order valence-electron chi connectivity index (χ2n) is 5.81. The zero-order valence-corrected chi connectivity index (χ0v) is 14.7. The van der Waals surface area contributed by atoms with Crippen LogP contribution >= 0.6 is 11.3 Å². The number of likely N-dealkylation sites (tertiary alicyclic amines) is 1. The van der Waals surface area contributed by atoms with Crippen molar-refractivity contribution in [2.75, 3.05) is 13.1 Å². The summed E-state index contributed by atoms with van der Waals surface area (Å²) < 4.78 is 0. The summed E-state index contributed by atoms with van der Waals surface area (Å²) in [4.78, 5) is 15.3. The molecule has 0 amide bonds. The average Bonchev–Trinajstić information content (AvgIpc) is 3.09. The van der Waals surface area contributed by atoms with Crippen molar-refractivity contribution < 1.29 is 22.1 Å². The number of benzene rings is 1. The third-order valence-corrected chi connectivity index (χ3v) is 5.16. The molecule has 1 atom stereocenters. The molecule has 2 aromatic rings. The van der Waals surface area contributed by atoms with Crippen molar-refractivity contribution in [3.8, 4) is 0 Å². The Balaban J connectivity index is 0.00000192. The molecular weight excluding hydrogens is 326 g/mol. The first-order valence-electron chi connectivity index (χ1n) is 7.99. The van der Waals surface area contributed by atoms with Gasteiger partial charge in [0.15, 0.2) is 5.78 Å². The fraction of sp³-hybridized carbons (Fsp3) is 0.316. The van der Waals surface area contributed by atoms with Gasteiger partial charge in [0.25, 0.3) is 0 Å². The number of quaternary nitrogens is 1. The van der Waals surface area contributed by atoms with Gasteiger partial charge in [-0.05, 0) is 36.3 Å². The Labute approximate surface area is 148 Å². The molecule has 1 aromatic heterocycles. The minimum Gasteiger partial charge on any atom is -1.00 e. The lowest BCUT2D eigenvalue weighted by Gasteiger charge is -2.19.